The van der Waals surface area contributed by atoms with Gasteiger partial charge in [-0.15, -0.1) is 0 Å². The number of carbonyl (C=O) groups is 1. The van der Waals surface area contributed by atoms with Crippen molar-refractivity contribution in [2.45, 2.75) is 52.4 Å². The van der Waals surface area contributed by atoms with Gasteiger partial charge in [-0.3, -0.25) is 0 Å². The van der Waals surface area contributed by atoms with Crippen LogP contribution in [0.5, 0.6) is 28.7 Å². The summed E-state index contributed by atoms with van der Waals surface area (Å²) in [5.74, 6) is 1.38. The highest BCUT2D eigenvalue weighted by atomic mass is 16.6. The second-order valence-corrected chi connectivity index (χ2v) is 9.95. The van der Waals surface area contributed by atoms with Crippen LogP contribution in [0.15, 0.2) is 66.1 Å². The molecule has 0 radical (unpaired) electrons. The van der Waals surface area contributed by atoms with Crippen LogP contribution in [0.1, 0.15) is 60.8 Å². The van der Waals surface area contributed by atoms with Gasteiger partial charge in [0.1, 0.15) is 28.9 Å². The van der Waals surface area contributed by atoms with Crippen LogP contribution in [0.2, 0.25) is 0 Å². The van der Waals surface area contributed by atoms with Gasteiger partial charge in [0.05, 0.1) is 19.6 Å². The summed E-state index contributed by atoms with van der Waals surface area (Å²) in [6.45, 7) is 6.50. The summed E-state index contributed by atoms with van der Waals surface area (Å²) >= 11 is 0. The number of benzene rings is 3. The number of rotatable bonds is 12. The Morgan fingerprint density at radius 2 is 1.76 bits per heavy atom. The maximum Gasteiger partial charge on any atom is 0.349 e. The molecular weight excluding hydrogens is 520 g/mol. The molecule has 2 N–H and O–H groups in total. The maximum atomic E-state index is 12.5. The fraction of sp³-hybridized carbons (Fsp3) is 0.333. The van der Waals surface area contributed by atoms with Crippen LogP contribution in [0.4, 0.5) is 0 Å². The number of nitrogens with zero attached hydrogens (tertiary/aromatic N) is 1. The first-order chi connectivity index (χ1) is 19.8. The Bertz CT molecular complexity index is 1470. The molecule has 3 aromatic rings. The van der Waals surface area contributed by atoms with Gasteiger partial charge in [-0.1, -0.05) is 44.4 Å². The third kappa shape index (κ3) is 7.12. The molecule has 1 atom stereocenters. The number of carbonyl (C=O) groups excluding carboxylic acids is 1. The lowest BCUT2D eigenvalue weighted by molar-refractivity contribution is -0.136. The normalized spacial score (nSPS) is 14.0. The van der Waals surface area contributed by atoms with Gasteiger partial charge in [0, 0.05) is 11.6 Å². The SMILES string of the molecule is CCCCCCOc1ccc(C2C(C#N)=C(N)Oc3cc(OC(=O)COc4ccc(C)c(C)c4)ccc32)cc1OC. The molecule has 3 aromatic carbocycles. The van der Waals surface area contributed by atoms with E-state index in [1.165, 1.54) is 6.42 Å². The van der Waals surface area contributed by atoms with E-state index in [1.54, 1.807) is 25.3 Å². The third-order valence-corrected chi connectivity index (χ3v) is 7.03. The van der Waals surface area contributed by atoms with Crippen LogP contribution in [0.25, 0.3) is 0 Å². The molecular formula is C33H36N2O6. The first-order valence-electron chi connectivity index (χ1n) is 13.8. The molecule has 1 aliphatic rings. The number of fused-ring (bicyclic) bond motifs is 1. The van der Waals surface area contributed by atoms with E-state index in [9.17, 15) is 10.1 Å². The van der Waals surface area contributed by atoms with Crippen molar-refractivity contribution in [1.29, 1.82) is 5.26 Å². The second-order valence-electron chi connectivity index (χ2n) is 9.95. The number of methoxy groups -OCH3 is 1. The summed E-state index contributed by atoms with van der Waals surface area (Å²) < 4.78 is 28.4. The van der Waals surface area contributed by atoms with Crippen LogP contribution < -0.4 is 29.4 Å². The summed E-state index contributed by atoms with van der Waals surface area (Å²) in [5, 5.41) is 9.94. The minimum absolute atomic E-state index is 0.0123. The molecule has 0 amide bonds. The Hall–Kier alpha value is -4.64. The number of esters is 1. The summed E-state index contributed by atoms with van der Waals surface area (Å²) in [6, 6.07) is 18.4. The van der Waals surface area contributed by atoms with Crippen molar-refractivity contribution in [2.24, 2.45) is 5.73 Å². The highest BCUT2D eigenvalue weighted by Gasteiger charge is 2.31. The third-order valence-electron chi connectivity index (χ3n) is 7.03. The molecule has 0 saturated heterocycles. The van der Waals surface area contributed by atoms with Gasteiger partial charge in [-0.25, -0.2) is 4.79 Å². The summed E-state index contributed by atoms with van der Waals surface area (Å²) in [7, 11) is 1.58. The smallest absolute Gasteiger partial charge is 0.349 e. The largest absolute Gasteiger partial charge is 0.493 e. The summed E-state index contributed by atoms with van der Waals surface area (Å²) in [4.78, 5) is 12.5. The zero-order valence-corrected chi connectivity index (χ0v) is 24.0. The molecule has 8 nitrogen and oxygen atoms in total. The lowest BCUT2D eigenvalue weighted by Gasteiger charge is -2.27. The van der Waals surface area contributed by atoms with Crippen LogP contribution in [0.3, 0.4) is 0 Å². The van der Waals surface area contributed by atoms with Gasteiger partial charge in [0.2, 0.25) is 5.88 Å². The molecule has 0 saturated carbocycles. The Balaban J connectivity index is 1.51. The minimum atomic E-state index is -0.563. The van der Waals surface area contributed by atoms with E-state index >= 15 is 0 Å². The molecule has 8 heteroatoms. The van der Waals surface area contributed by atoms with Crippen LogP contribution in [-0.2, 0) is 4.79 Å². The van der Waals surface area contributed by atoms with E-state index in [0.717, 1.165) is 36.0 Å². The molecule has 1 aliphatic heterocycles. The Morgan fingerprint density at radius 1 is 0.951 bits per heavy atom. The molecule has 1 unspecified atom stereocenters. The van der Waals surface area contributed by atoms with Gasteiger partial charge >= 0.3 is 5.97 Å². The monoisotopic (exact) mass is 556 g/mol. The van der Waals surface area contributed by atoms with Crippen LogP contribution >= 0.6 is 0 Å². The van der Waals surface area contributed by atoms with E-state index in [1.807, 2.05) is 50.2 Å². The molecule has 1 heterocycles. The zero-order valence-electron chi connectivity index (χ0n) is 24.0. The van der Waals surface area contributed by atoms with Gasteiger partial charge in [-0.2, -0.15) is 5.26 Å². The number of nitrogens with two attached hydrogens (primary N) is 1. The van der Waals surface area contributed by atoms with Crippen molar-refractivity contribution >= 4 is 5.97 Å². The molecule has 0 aromatic heterocycles. The fourth-order valence-corrected chi connectivity index (χ4v) is 4.64. The molecule has 0 spiro atoms. The Kier molecular flexibility index (Phi) is 9.75. The van der Waals surface area contributed by atoms with E-state index in [4.69, 9.17) is 29.4 Å². The highest BCUT2D eigenvalue weighted by molar-refractivity contribution is 5.74. The second kappa shape index (κ2) is 13.6. The van der Waals surface area contributed by atoms with Crippen LogP contribution in [-0.4, -0.2) is 26.3 Å². The van der Waals surface area contributed by atoms with E-state index in [-0.39, 0.29) is 23.8 Å². The van der Waals surface area contributed by atoms with Gasteiger partial charge < -0.3 is 29.4 Å². The standard InChI is InChI=1S/C33H36N2O6/c1-5-6-7-8-15-38-28-14-10-23(17-30(28)37-4)32-26-13-12-25(18-29(26)41-33(35)27(32)19-34)40-31(36)20-39-24-11-9-21(2)22(3)16-24/h9-14,16-18,32H,5-8,15,20,35H2,1-4H3. The first-order valence-corrected chi connectivity index (χ1v) is 13.8. The molecule has 0 bridgehead atoms. The zero-order chi connectivity index (χ0) is 29.4. The van der Waals surface area contributed by atoms with Gasteiger partial charge in [0.25, 0.3) is 0 Å². The number of hydrogen-bond acceptors (Lipinski definition) is 8. The van der Waals surface area contributed by atoms with Crippen molar-refractivity contribution in [3.8, 4) is 34.8 Å². The number of hydrogen-bond donors (Lipinski definition) is 1. The molecule has 0 aliphatic carbocycles. The highest BCUT2D eigenvalue weighted by Crippen LogP contribution is 2.45. The summed E-state index contributed by atoms with van der Waals surface area (Å²) in [5.41, 5.74) is 10.2. The molecule has 41 heavy (non-hydrogen) atoms. The average Bonchev–Trinajstić information content (AvgIpc) is 2.97. The van der Waals surface area contributed by atoms with E-state index in [2.05, 4.69) is 13.0 Å². The Morgan fingerprint density at radius 3 is 2.49 bits per heavy atom. The number of aryl methyl sites for hydroxylation is 2. The number of ether oxygens (including phenoxy) is 5. The van der Waals surface area contributed by atoms with Crippen molar-refractivity contribution in [3.05, 3.63) is 88.3 Å². The topological polar surface area (TPSA) is 113 Å². The minimum Gasteiger partial charge on any atom is -0.493 e. The van der Waals surface area contributed by atoms with E-state index in [0.29, 0.717) is 35.2 Å². The molecule has 214 valence electrons. The molecule has 0 fully saturated rings. The predicted molar refractivity (Wildman–Crippen MR) is 155 cm³/mol. The average molecular weight is 557 g/mol. The van der Waals surface area contributed by atoms with Crippen molar-refractivity contribution in [1.82, 2.24) is 0 Å². The quantitative estimate of drug-likeness (QED) is 0.153. The summed E-state index contributed by atoms with van der Waals surface area (Å²) in [6.07, 6.45) is 4.42. The lowest BCUT2D eigenvalue weighted by Crippen LogP contribution is -2.22. The predicted octanol–water partition coefficient (Wildman–Crippen LogP) is 6.47. The maximum absolute atomic E-state index is 12.5. The number of nitriles is 1. The first kappa shape index (κ1) is 29.3. The van der Waals surface area contributed by atoms with Crippen LogP contribution in [0, 0.1) is 25.2 Å². The van der Waals surface area contributed by atoms with E-state index < -0.39 is 11.9 Å². The fourth-order valence-electron chi connectivity index (χ4n) is 4.64. The molecule has 4 rings (SSSR count). The van der Waals surface area contributed by atoms with Crippen molar-refractivity contribution in [3.63, 3.8) is 0 Å². The Labute approximate surface area is 241 Å². The lowest BCUT2D eigenvalue weighted by atomic mass is 9.83. The van der Waals surface area contributed by atoms with Crippen molar-refractivity contribution < 1.29 is 28.5 Å². The van der Waals surface area contributed by atoms with Gasteiger partial charge in [0.15, 0.2) is 18.1 Å². The van der Waals surface area contributed by atoms with Crippen molar-refractivity contribution in [2.75, 3.05) is 20.3 Å². The number of unbranched alkanes of at least 4 members (excludes halogenated alkanes) is 3. The van der Waals surface area contributed by atoms with Gasteiger partial charge in [-0.05, 0) is 67.3 Å². The number of allylic oxidation sites excluding steroid dienone is 1.